The van der Waals surface area contributed by atoms with Crippen molar-refractivity contribution in [3.8, 4) is 0 Å². The highest BCUT2D eigenvalue weighted by Crippen LogP contribution is 2.28. The Balaban J connectivity index is 2.09. The van der Waals surface area contributed by atoms with E-state index in [0.717, 1.165) is 6.04 Å². The predicted molar refractivity (Wildman–Crippen MR) is 47.9 cm³/mol. The Morgan fingerprint density at radius 3 is 2.64 bits per heavy atom. The molecular weight excluding hydrogens is 134 g/mol. The predicted octanol–water partition coefficient (Wildman–Crippen LogP) is 2.29. The van der Waals surface area contributed by atoms with E-state index in [-0.39, 0.29) is 0 Å². The highest BCUT2D eigenvalue weighted by atomic mass is 15.3. The Kier molecular flexibility index (Phi) is 1.57. The van der Waals surface area contributed by atoms with Gasteiger partial charge in [0, 0.05) is 18.3 Å². The highest BCUT2D eigenvalue weighted by molar-refractivity contribution is 5.53. The minimum Gasteiger partial charge on any atom is -0.365 e. The van der Waals surface area contributed by atoms with Crippen LogP contribution in [-0.2, 0) is 0 Å². The van der Waals surface area contributed by atoms with Crippen LogP contribution in [0.15, 0.2) is 30.3 Å². The molecule has 0 bridgehead atoms. The standard InChI is InChI=1S/C10H13N/c1-2-9-8-11(9)10-6-4-3-5-7-10/h3-7,9H,2,8H2,1H3. The number of hydrogen-bond acceptors (Lipinski definition) is 1. The summed E-state index contributed by atoms with van der Waals surface area (Å²) in [4.78, 5) is 2.43. The molecule has 1 atom stereocenters. The summed E-state index contributed by atoms with van der Waals surface area (Å²) in [6.07, 6.45) is 1.27. The Morgan fingerprint density at radius 1 is 1.36 bits per heavy atom. The number of anilines is 1. The van der Waals surface area contributed by atoms with Crippen molar-refractivity contribution in [3.63, 3.8) is 0 Å². The zero-order valence-corrected chi connectivity index (χ0v) is 6.83. The maximum absolute atomic E-state index is 2.43. The summed E-state index contributed by atoms with van der Waals surface area (Å²) < 4.78 is 0. The van der Waals surface area contributed by atoms with Crippen LogP contribution in [0.2, 0.25) is 0 Å². The van der Waals surface area contributed by atoms with Crippen LogP contribution in [0, 0.1) is 0 Å². The van der Waals surface area contributed by atoms with Crippen LogP contribution in [-0.4, -0.2) is 12.6 Å². The monoisotopic (exact) mass is 147 g/mol. The molecule has 0 aliphatic carbocycles. The molecule has 1 heteroatoms. The van der Waals surface area contributed by atoms with Gasteiger partial charge in [-0.3, -0.25) is 0 Å². The van der Waals surface area contributed by atoms with Crippen LogP contribution in [0.4, 0.5) is 5.69 Å². The summed E-state index contributed by atoms with van der Waals surface area (Å²) in [5, 5.41) is 0. The lowest BCUT2D eigenvalue weighted by Gasteiger charge is -2.02. The number of nitrogens with zero attached hydrogens (tertiary/aromatic N) is 1. The fourth-order valence-corrected chi connectivity index (χ4v) is 1.47. The zero-order chi connectivity index (χ0) is 7.68. The van der Waals surface area contributed by atoms with Crippen LogP contribution >= 0.6 is 0 Å². The molecule has 1 fully saturated rings. The van der Waals surface area contributed by atoms with E-state index in [2.05, 4.69) is 42.2 Å². The fraction of sp³-hybridized carbons (Fsp3) is 0.400. The summed E-state index contributed by atoms with van der Waals surface area (Å²) in [5.41, 5.74) is 1.37. The van der Waals surface area contributed by atoms with Crippen LogP contribution in [0.1, 0.15) is 13.3 Å². The molecule has 0 radical (unpaired) electrons. The molecule has 0 spiro atoms. The van der Waals surface area contributed by atoms with Gasteiger partial charge in [0.25, 0.3) is 0 Å². The Bertz CT molecular complexity index is 230. The molecule has 1 aromatic rings. The molecule has 1 aliphatic rings. The summed E-state index contributed by atoms with van der Waals surface area (Å²) >= 11 is 0. The number of benzene rings is 1. The maximum Gasteiger partial charge on any atom is 0.0463 e. The molecule has 1 heterocycles. The highest BCUT2D eigenvalue weighted by Gasteiger charge is 2.31. The van der Waals surface area contributed by atoms with E-state index in [1.807, 2.05) is 0 Å². The van der Waals surface area contributed by atoms with E-state index >= 15 is 0 Å². The van der Waals surface area contributed by atoms with Crippen molar-refractivity contribution < 1.29 is 0 Å². The summed E-state index contributed by atoms with van der Waals surface area (Å²) in [5.74, 6) is 0. The third-order valence-electron chi connectivity index (χ3n) is 2.27. The molecule has 11 heavy (non-hydrogen) atoms. The first kappa shape index (κ1) is 6.71. The first-order valence-electron chi connectivity index (χ1n) is 4.23. The van der Waals surface area contributed by atoms with Gasteiger partial charge in [-0.2, -0.15) is 0 Å². The molecule has 1 aromatic carbocycles. The third-order valence-corrected chi connectivity index (χ3v) is 2.27. The van der Waals surface area contributed by atoms with E-state index in [1.54, 1.807) is 0 Å². The number of para-hydroxylation sites is 1. The minimum absolute atomic E-state index is 0.817. The van der Waals surface area contributed by atoms with E-state index < -0.39 is 0 Å². The summed E-state index contributed by atoms with van der Waals surface area (Å²) in [7, 11) is 0. The van der Waals surface area contributed by atoms with Gasteiger partial charge in [-0.25, -0.2) is 0 Å². The third kappa shape index (κ3) is 1.23. The number of rotatable bonds is 2. The molecule has 1 unspecified atom stereocenters. The molecule has 0 aromatic heterocycles. The van der Waals surface area contributed by atoms with Crippen molar-refractivity contribution >= 4 is 5.69 Å². The SMILES string of the molecule is CCC1CN1c1ccccc1. The van der Waals surface area contributed by atoms with Gasteiger partial charge in [0.2, 0.25) is 0 Å². The van der Waals surface area contributed by atoms with Gasteiger partial charge in [0.1, 0.15) is 0 Å². The molecule has 0 amide bonds. The normalized spacial score (nSPS) is 21.9. The van der Waals surface area contributed by atoms with Gasteiger partial charge in [-0.15, -0.1) is 0 Å². The van der Waals surface area contributed by atoms with Crippen LogP contribution in [0.5, 0.6) is 0 Å². The van der Waals surface area contributed by atoms with E-state index in [4.69, 9.17) is 0 Å². The lowest BCUT2D eigenvalue weighted by Crippen LogP contribution is -1.96. The molecule has 0 N–H and O–H groups in total. The molecule has 1 nitrogen and oxygen atoms in total. The molecule has 1 saturated heterocycles. The zero-order valence-electron chi connectivity index (χ0n) is 6.83. The maximum atomic E-state index is 2.43. The van der Waals surface area contributed by atoms with Crippen molar-refractivity contribution in [3.05, 3.63) is 30.3 Å². The Hall–Kier alpha value is -0.980. The van der Waals surface area contributed by atoms with E-state index in [0.29, 0.717) is 0 Å². The lowest BCUT2D eigenvalue weighted by molar-refractivity contribution is 0.920. The quantitative estimate of drug-likeness (QED) is 0.580. The lowest BCUT2D eigenvalue weighted by atomic mass is 10.3. The largest absolute Gasteiger partial charge is 0.365 e. The second kappa shape index (κ2) is 2.57. The Labute approximate surface area is 67.6 Å². The van der Waals surface area contributed by atoms with Crippen LogP contribution < -0.4 is 4.90 Å². The fourth-order valence-electron chi connectivity index (χ4n) is 1.47. The summed E-state index contributed by atoms with van der Waals surface area (Å²) in [6, 6.07) is 11.4. The summed E-state index contributed by atoms with van der Waals surface area (Å²) in [6.45, 7) is 3.49. The van der Waals surface area contributed by atoms with E-state index in [1.165, 1.54) is 18.7 Å². The molecular formula is C10H13N. The molecule has 58 valence electrons. The number of hydrogen-bond donors (Lipinski definition) is 0. The van der Waals surface area contributed by atoms with Crippen LogP contribution in [0.3, 0.4) is 0 Å². The van der Waals surface area contributed by atoms with Crippen molar-refractivity contribution in [1.29, 1.82) is 0 Å². The van der Waals surface area contributed by atoms with Gasteiger partial charge in [0.05, 0.1) is 0 Å². The van der Waals surface area contributed by atoms with Gasteiger partial charge < -0.3 is 4.90 Å². The smallest absolute Gasteiger partial charge is 0.0463 e. The first-order chi connectivity index (χ1) is 5.42. The van der Waals surface area contributed by atoms with Crippen molar-refractivity contribution in [2.75, 3.05) is 11.4 Å². The van der Waals surface area contributed by atoms with Crippen molar-refractivity contribution in [2.24, 2.45) is 0 Å². The Morgan fingerprint density at radius 2 is 2.09 bits per heavy atom. The van der Waals surface area contributed by atoms with Gasteiger partial charge >= 0.3 is 0 Å². The second-order valence-corrected chi connectivity index (χ2v) is 3.05. The second-order valence-electron chi connectivity index (χ2n) is 3.05. The van der Waals surface area contributed by atoms with Gasteiger partial charge in [-0.1, -0.05) is 25.1 Å². The van der Waals surface area contributed by atoms with E-state index in [9.17, 15) is 0 Å². The molecule has 0 saturated carbocycles. The first-order valence-corrected chi connectivity index (χ1v) is 4.23. The van der Waals surface area contributed by atoms with Crippen molar-refractivity contribution in [2.45, 2.75) is 19.4 Å². The molecule has 1 aliphatic heterocycles. The average Bonchev–Trinajstić information content (AvgIpc) is 2.85. The minimum atomic E-state index is 0.817. The average molecular weight is 147 g/mol. The van der Waals surface area contributed by atoms with Gasteiger partial charge in [-0.05, 0) is 18.6 Å². The molecule has 2 rings (SSSR count). The van der Waals surface area contributed by atoms with Crippen molar-refractivity contribution in [1.82, 2.24) is 0 Å². The topological polar surface area (TPSA) is 3.01 Å². The van der Waals surface area contributed by atoms with Crippen LogP contribution in [0.25, 0.3) is 0 Å². The van der Waals surface area contributed by atoms with Gasteiger partial charge in [0.15, 0.2) is 0 Å².